The van der Waals surface area contributed by atoms with Gasteiger partial charge in [0.1, 0.15) is 5.75 Å². The molecule has 0 aromatic heterocycles. The summed E-state index contributed by atoms with van der Waals surface area (Å²) in [5.74, 6) is 0.180. The minimum Gasteiger partial charge on any atom is -0.507 e. The lowest BCUT2D eigenvalue weighted by Gasteiger charge is -2.16. The molecule has 0 unspecified atom stereocenters. The van der Waals surface area contributed by atoms with E-state index < -0.39 is 0 Å². The number of para-hydroxylation sites is 1. The van der Waals surface area contributed by atoms with Gasteiger partial charge in [-0.15, -0.1) is 0 Å². The molecule has 0 spiro atoms. The molecule has 3 aromatic rings. The molecule has 2 nitrogen and oxygen atoms in total. The Morgan fingerprint density at radius 3 is 2.19 bits per heavy atom. The summed E-state index contributed by atoms with van der Waals surface area (Å²) in [6.07, 6.45) is 0. The van der Waals surface area contributed by atoms with Gasteiger partial charge in [0.15, 0.2) is 0 Å². The normalized spacial score (nSPS) is 9.96. The highest BCUT2D eigenvalue weighted by Gasteiger charge is 2.11. The van der Waals surface area contributed by atoms with Crippen LogP contribution in [-0.2, 0) is 0 Å². The molecule has 3 aromatic carbocycles. The smallest absolute Gasteiger partial charge is 0.124 e. The molecule has 0 aliphatic carbocycles. The molecule has 0 amide bonds. The molecular weight excluding hydrogens is 354 g/mol. The fraction of sp³-hybridized carbons (Fsp3) is 0.167. The largest absolute Gasteiger partial charge is 0.507 e. The van der Waals surface area contributed by atoms with Gasteiger partial charge in [0.25, 0.3) is 0 Å². The Bertz CT molecular complexity index is 927. The van der Waals surface area contributed by atoms with Crippen molar-refractivity contribution >= 4 is 23.0 Å². The van der Waals surface area contributed by atoms with Crippen LogP contribution in [0.2, 0.25) is 5.02 Å². The Morgan fingerprint density at radius 2 is 1.56 bits per heavy atom. The predicted molar refractivity (Wildman–Crippen MR) is 118 cm³/mol. The van der Waals surface area contributed by atoms with Crippen LogP contribution in [0.25, 0.3) is 16.8 Å². The summed E-state index contributed by atoms with van der Waals surface area (Å²) in [7, 11) is 0. The second-order valence-corrected chi connectivity index (χ2v) is 6.49. The van der Waals surface area contributed by atoms with E-state index in [0.29, 0.717) is 16.3 Å². The van der Waals surface area contributed by atoms with E-state index in [9.17, 15) is 5.11 Å². The zero-order valence-corrected chi connectivity index (χ0v) is 17.1. The Kier molecular flexibility index (Phi) is 7.09. The van der Waals surface area contributed by atoms with Crippen LogP contribution in [0.4, 0.5) is 5.69 Å². The lowest BCUT2D eigenvalue weighted by atomic mass is 10.0. The summed E-state index contributed by atoms with van der Waals surface area (Å²) in [6, 6.07) is 19.2. The van der Waals surface area contributed by atoms with E-state index in [1.807, 2.05) is 82.3 Å². The van der Waals surface area contributed by atoms with Crippen molar-refractivity contribution in [2.24, 2.45) is 0 Å². The highest BCUT2D eigenvalue weighted by Crippen LogP contribution is 2.34. The predicted octanol–water partition coefficient (Wildman–Crippen LogP) is 7.44. The zero-order chi connectivity index (χ0) is 20.0. The standard InChI is InChI=1S/C22H20ClNO.C2H6/c1-14-7-6-8-15(2)22(14)24-16(3)19-13-17(11-12-21(19)25)18-9-4-5-10-20(18)23;1-2/h4-13,24-25H,3H2,1-2H3;1-2H3. The molecule has 0 saturated heterocycles. The third-order valence-corrected chi connectivity index (χ3v) is 4.59. The van der Waals surface area contributed by atoms with E-state index >= 15 is 0 Å². The van der Waals surface area contributed by atoms with Crippen molar-refractivity contribution in [2.75, 3.05) is 5.32 Å². The summed E-state index contributed by atoms with van der Waals surface area (Å²) < 4.78 is 0. The van der Waals surface area contributed by atoms with Crippen molar-refractivity contribution in [3.63, 3.8) is 0 Å². The maximum atomic E-state index is 10.3. The highest BCUT2D eigenvalue weighted by atomic mass is 35.5. The molecule has 0 radical (unpaired) electrons. The van der Waals surface area contributed by atoms with E-state index in [-0.39, 0.29) is 5.75 Å². The average Bonchev–Trinajstić information content (AvgIpc) is 2.67. The van der Waals surface area contributed by atoms with Crippen LogP contribution in [0.5, 0.6) is 5.75 Å². The minimum atomic E-state index is 0.180. The van der Waals surface area contributed by atoms with Gasteiger partial charge < -0.3 is 10.4 Å². The van der Waals surface area contributed by atoms with Crippen LogP contribution >= 0.6 is 11.6 Å². The number of phenols is 1. The van der Waals surface area contributed by atoms with Crippen molar-refractivity contribution in [3.05, 3.63) is 89.0 Å². The van der Waals surface area contributed by atoms with Gasteiger partial charge >= 0.3 is 0 Å². The Labute approximate surface area is 167 Å². The topological polar surface area (TPSA) is 32.3 Å². The third kappa shape index (κ3) is 4.72. The molecule has 0 aliphatic rings. The first-order valence-corrected chi connectivity index (χ1v) is 9.45. The Morgan fingerprint density at radius 1 is 0.926 bits per heavy atom. The van der Waals surface area contributed by atoms with E-state index in [4.69, 9.17) is 11.6 Å². The van der Waals surface area contributed by atoms with Crippen LogP contribution in [0, 0.1) is 13.8 Å². The first kappa shape index (κ1) is 20.6. The maximum absolute atomic E-state index is 10.3. The number of rotatable bonds is 4. The molecule has 0 fully saturated rings. The average molecular weight is 380 g/mol. The monoisotopic (exact) mass is 379 g/mol. The molecule has 0 atom stereocenters. The van der Waals surface area contributed by atoms with Gasteiger partial charge in [-0.25, -0.2) is 0 Å². The number of hydrogen-bond donors (Lipinski definition) is 2. The fourth-order valence-corrected chi connectivity index (χ4v) is 3.12. The number of halogens is 1. The van der Waals surface area contributed by atoms with Crippen LogP contribution in [0.1, 0.15) is 30.5 Å². The van der Waals surface area contributed by atoms with Gasteiger partial charge in [0.2, 0.25) is 0 Å². The van der Waals surface area contributed by atoms with Crippen LogP contribution in [-0.4, -0.2) is 5.11 Å². The van der Waals surface area contributed by atoms with Crippen molar-refractivity contribution < 1.29 is 5.11 Å². The van der Waals surface area contributed by atoms with Gasteiger partial charge in [-0.2, -0.15) is 0 Å². The molecule has 2 N–H and O–H groups in total. The number of hydrogen-bond acceptors (Lipinski definition) is 2. The van der Waals surface area contributed by atoms with Crippen molar-refractivity contribution in [1.82, 2.24) is 0 Å². The van der Waals surface area contributed by atoms with Crippen molar-refractivity contribution in [3.8, 4) is 16.9 Å². The second-order valence-electron chi connectivity index (χ2n) is 6.08. The Balaban J connectivity index is 0.00000126. The number of benzene rings is 3. The molecule has 0 aliphatic heterocycles. The van der Waals surface area contributed by atoms with E-state index in [1.165, 1.54) is 0 Å². The summed E-state index contributed by atoms with van der Waals surface area (Å²) in [6.45, 7) is 12.2. The van der Waals surface area contributed by atoms with Crippen LogP contribution in [0.15, 0.2) is 67.2 Å². The lowest BCUT2D eigenvalue weighted by Crippen LogP contribution is -2.01. The van der Waals surface area contributed by atoms with Crippen LogP contribution in [0.3, 0.4) is 0 Å². The molecule has 0 heterocycles. The van der Waals surface area contributed by atoms with Gasteiger partial charge in [-0.1, -0.05) is 74.5 Å². The van der Waals surface area contributed by atoms with E-state index in [2.05, 4.69) is 11.9 Å². The zero-order valence-electron chi connectivity index (χ0n) is 16.3. The minimum absolute atomic E-state index is 0.180. The molecular formula is C24H26ClNO. The van der Waals surface area contributed by atoms with Crippen LogP contribution < -0.4 is 5.32 Å². The highest BCUT2D eigenvalue weighted by molar-refractivity contribution is 6.33. The van der Waals surface area contributed by atoms with Crippen molar-refractivity contribution in [2.45, 2.75) is 27.7 Å². The van der Waals surface area contributed by atoms with E-state index in [1.54, 1.807) is 6.07 Å². The molecule has 3 heteroatoms. The van der Waals surface area contributed by atoms with Gasteiger partial charge in [0.05, 0.1) is 0 Å². The van der Waals surface area contributed by atoms with E-state index in [0.717, 1.165) is 27.9 Å². The molecule has 0 bridgehead atoms. The summed E-state index contributed by atoms with van der Waals surface area (Å²) in [5, 5.41) is 14.3. The molecule has 0 saturated carbocycles. The number of anilines is 1. The number of aromatic hydroxyl groups is 1. The molecule has 3 rings (SSSR count). The fourth-order valence-electron chi connectivity index (χ4n) is 2.87. The van der Waals surface area contributed by atoms with Gasteiger partial charge in [-0.05, 0) is 48.7 Å². The molecule has 140 valence electrons. The first-order valence-electron chi connectivity index (χ1n) is 9.08. The summed E-state index contributed by atoms with van der Waals surface area (Å²) in [5.41, 5.74) is 6.41. The maximum Gasteiger partial charge on any atom is 0.124 e. The Hall–Kier alpha value is -2.71. The quantitative estimate of drug-likeness (QED) is 0.493. The number of phenolic OH excluding ortho intramolecular Hbond substituents is 1. The first-order chi connectivity index (χ1) is 13.0. The SMILES string of the molecule is C=C(Nc1c(C)cccc1C)c1cc(-c2ccccc2Cl)ccc1O.CC. The number of nitrogens with one attached hydrogen (secondary N) is 1. The summed E-state index contributed by atoms with van der Waals surface area (Å²) in [4.78, 5) is 0. The molecule has 27 heavy (non-hydrogen) atoms. The second kappa shape index (κ2) is 9.29. The number of aryl methyl sites for hydroxylation is 2. The third-order valence-electron chi connectivity index (χ3n) is 4.26. The lowest BCUT2D eigenvalue weighted by molar-refractivity contribution is 0.473. The van der Waals surface area contributed by atoms with Crippen molar-refractivity contribution in [1.29, 1.82) is 0 Å². The summed E-state index contributed by atoms with van der Waals surface area (Å²) >= 11 is 6.30. The van der Waals surface area contributed by atoms with Gasteiger partial charge in [0, 0.05) is 27.5 Å². The van der Waals surface area contributed by atoms with Gasteiger partial charge in [-0.3, -0.25) is 0 Å².